The lowest BCUT2D eigenvalue weighted by molar-refractivity contribution is 0.923. The number of imidazole rings is 1. The number of fused-ring (bicyclic) bond motifs is 1. The van der Waals surface area contributed by atoms with Gasteiger partial charge >= 0.3 is 0 Å². The third-order valence-electron chi connectivity index (χ3n) is 1.71. The summed E-state index contributed by atoms with van der Waals surface area (Å²) in [6, 6.07) is 3.73. The maximum absolute atomic E-state index is 5.52. The van der Waals surface area contributed by atoms with E-state index in [1.54, 1.807) is 16.9 Å². The van der Waals surface area contributed by atoms with E-state index >= 15 is 0 Å². The lowest BCUT2D eigenvalue weighted by Crippen LogP contribution is -1.92. The van der Waals surface area contributed by atoms with E-state index in [1.165, 1.54) is 0 Å². The Bertz CT molecular complexity index is 493. The number of aromatic nitrogens is 3. The third-order valence-corrected chi connectivity index (χ3v) is 1.90. The van der Waals surface area contributed by atoms with Gasteiger partial charge in [0, 0.05) is 18.5 Å². The van der Waals surface area contributed by atoms with Gasteiger partial charge in [-0.05, 0) is 18.1 Å². The number of hydrogen-bond acceptors (Lipinski definition) is 2. The summed E-state index contributed by atoms with van der Waals surface area (Å²) in [6.07, 6.45) is 4.10. The van der Waals surface area contributed by atoms with Crippen LogP contribution in [0.3, 0.4) is 0 Å². The van der Waals surface area contributed by atoms with E-state index in [0.29, 0.717) is 12.3 Å². The van der Waals surface area contributed by atoms with Crippen LogP contribution in [0.2, 0.25) is 0 Å². The molecule has 2 aromatic heterocycles. The van der Waals surface area contributed by atoms with Crippen molar-refractivity contribution in [3.63, 3.8) is 0 Å². The summed E-state index contributed by atoms with van der Waals surface area (Å²) < 4.78 is 1.71. The number of alkyl halides is 1. The molecule has 0 spiro atoms. The summed E-state index contributed by atoms with van der Waals surface area (Å²) in [5, 5.41) is 4.14. The molecular weight excluding hydrogens is 198 g/mol. The van der Waals surface area contributed by atoms with Gasteiger partial charge in [0.1, 0.15) is 5.69 Å². The van der Waals surface area contributed by atoms with Gasteiger partial charge in [0.15, 0.2) is 5.65 Å². The number of halogens is 1. The van der Waals surface area contributed by atoms with Gasteiger partial charge in [-0.25, -0.2) is 9.50 Å². The maximum Gasteiger partial charge on any atom is 0.154 e. The zero-order valence-corrected chi connectivity index (χ0v) is 8.20. The number of hydrogen-bond donors (Lipinski definition) is 0. The van der Waals surface area contributed by atoms with E-state index in [2.05, 4.69) is 21.9 Å². The molecule has 3 nitrogen and oxygen atoms in total. The fourth-order valence-electron chi connectivity index (χ4n) is 1.11. The van der Waals surface area contributed by atoms with Crippen molar-refractivity contribution in [1.29, 1.82) is 0 Å². The van der Waals surface area contributed by atoms with Gasteiger partial charge in [-0.1, -0.05) is 5.92 Å². The highest BCUT2D eigenvalue weighted by molar-refractivity contribution is 6.18. The quantitative estimate of drug-likeness (QED) is 0.524. The average Bonchev–Trinajstić information content (AvgIpc) is 2.63. The van der Waals surface area contributed by atoms with Crippen molar-refractivity contribution >= 4 is 17.2 Å². The highest BCUT2D eigenvalue weighted by Crippen LogP contribution is 2.01. The number of nitrogens with zero attached hydrogens (tertiary/aromatic N) is 3. The lowest BCUT2D eigenvalue weighted by Gasteiger charge is -1.90. The molecule has 2 aromatic rings. The molecule has 0 radical (unpaired) electrons. The highest BCUT2D eigenvalue weighted by Gasteiger charge is 1.98. The van der Waals surface area contributed by atoms with Crippen LogP contribution in [-0.2, 0) is 0 Å². The normalized spacial score (nSPS) is 9.79. The van der Waals surface area contributed by atoms with Crippen molar-refractivity contribution in [3.05, 3.63) is 30.2 Å². The molecule has 0 aromatic carbocycles. The third kappa shape index (κ3) is 1.70. The standard InChI is InChI=1S/C10H8ClN3/c11-6-2-1-4-9-8-12-10-5-3-7-13-14(9)10/h3,5,7-8H,2,6H2. The Morgan fingerprint density at radius 1 is 1.50 bits per heavy atom. The van der Waals surface area contributed by atoms with Gasteiger partial charge in [-0.15, -0.1) is 11.6 Å². The van der Waals surface area contributed by atoms with Crippen LogP contribution in [0.4, 0.5) is 0 Å². The molecule has 2 heterocycles. The molecule has 0 saturated carbocycles. The molecule has 0 unspecified atom stereocenters. The zero-order chi connectivity index (χ0) is 9.80. The molecule has 0 fully saturated rings. The van der Waals surface area contributed by atoms with E-state index in [4.69, 9.17) is 11.6 Å². The van der Waals surface area contributed by atoms with Crippen molar-refractivity contribution in [2.45, 2.75) is 6.42 Å². The summed E-state index contributed by atoms with van der Waals surface area (Å²) in [6.45, 7) is 0. The minimum Gasteiger partial charge on any atom is -0.234 e. The van der Waals surface area contributed by atoms with Crippen molar-refractivity contribution in [2.75, 3.05) is 5.88 Å². The van der Waals surface area contributed by atoms with Crippen molar-refractivity contribution in [3.8, 4) is 11.8 Å². The Hall–Kier alpha value is -1.53. The smallest absolute Gasteiger partial charge is 0.154 e. The monoisotopic (exact) mass is 205 g/mol. The SMILES string of the molecule is ClCCC#Cc1cnc2cccnn12. The second kappa shape index (κ2) is 4.12. The Balaban J connectivity index is 2.40. The fraction of sp³-hybridized carbons (Fsp3) is 0.200. The Morgan fingerprint density at radius 2 is 2.43 bits per heavy atom. The number of rotatable bonds is 1. The maximum atomic E-state index is 5.52. The summed E-state index contributed by atoms with van der Waals surface area (Å²) in [5.74, 6) is 6.47. The Morgan fingerprint density at radius 3 is 3.29 bits per heavy atom. The molecule has 0 saturated heterocycles. The second-order valence-corrected chi connectivity index (χ2v) is 3.06. The summed E-state index contributed by atoms with van der Waals surface area (Å²) in [4.78, 5) is 4.16. The molecule has 0 amide bonds. The predicted molar refractivity (Wildman–Crippen MR) is 55.2 cm³/mol. The van der Waals surface area contributed by atoms with Crippen LogP contribution in [-0.4, -0.2) is 20.5 Å². The van der Waals surface area contributed by atoms with Crippen LogP contribution in [0.25, 0.3) is 5.65 Å². The molecule has 0 aliphatic carbocycles. The van der Waals surface area contributed by atoms with Gasteiger partial charge in [-0.3, -0.25) is 0 Å². The van der Waals surface area contributed by atoms with Gasteiger partial charge in [0.25, 0.3) is 0 Å². The van der Waals surface area contributed by atoms with E-state index in [0.717, 1.165) is 11.3 Å². The van der Waals surface area contributed by atoms with Crippen LogP contribution < -0.4 is 0 Å². The van der Waals surface area contributed by atoms with E-state index < -0.39 is 0 Å². The van der Waals surface area contributed by atoms with Crippen molar-refractivity contribution in [2.24, 2.45) is 0 Å². The van der Waals surface area contributed by atoms with E-state index in [1.807, 2.05) is 12.1 Å². The van der Waals surface area contributed by atoms with Crippen LogP contribution in [0.5, 0.6) is 0 Å². The molecular formula is C10H8ClN3. The van der Waals surface area contributed by atoms with Crippen molar-refractivity contribution < 1.29 is 0 Å². The Labute approximate surface area is 86.7 Å². The fourth-order valence-corrected chi connectivity index (χ4v) is 1.21. The summed E-state index contributed by atoms with van der Waals surface area (Å²) in [7, 11) is 0. The molecule has 0 N–H and O–H groups in total. The molecule has 0 aliphatic heterocycles. The van der Waals surface area contributed by atoms with Crippen LogP contribution in [0.1, 0.15) is 12.1 Å². The molecule has 0 bridgehead atoms. The minimum absolute atomic E-state index is 0.553. The molecule has 0 atom stereocenters. The molecule has 70 valence electrons. The zero-order valence-electron chi connectivity index (χ0n) is 7.44. The summed E-state index contributed by atoms with van der Waals surface area (Å²) in [5.41, 5.74) is 1.60. The van der Waals surface area contributed by atoms with Gasteiger partial charge in [-0.2, -0.15) is 5.10 Å². The minimum atomic E-state index is 0.553. The Kier molecular flexibility index (Phi) is 2.66. The topological polar surface area (TPSA) is 30.2 Å². The van der Waals surface area contributed by atoms with Gasteiger partial charge < -0.3 is 0 Å². The second-order valence-electron chi connectivity index (χ2n) is 2.68. The molecule has 4 heteroatoms. The average molecular weight is 206 g/mol. The van der Waals surface area contributed by atoms with Gasteiger partial charge in [0.05, 0.1) is 6.20 Å². The van der Waals surface area contributed by atoms with E-state index in [-0.39, 0.29) is 0 Å². The first kappa shape index (κ1) is 9.04. The first-order valence-electron chi connectivity index (χ1n) is 4.25. The predicted octanol–water partition coefficient (Wildman–Crippen LogP) is 1.71. The molecule has 14 heavy (non-hydrogen) atoms. The molecule has 2 rings (SSSR count). The van der Waals surface area contributed by atoms with Crippen LogP contribution >= 0.6 is 11.6 Å². The van der Waals surface area contributed by atoms with Gasteiger partial charge in [0.2, 0.25) is 0 Å². The first-order valence-corrected chi connectivity index (χ1v) is 4.79. The summed E-state index contributed by atoms with van der Waals surface area (Å²) >= 11 is 5.52. The lowest BCUT2D eigenvalue weighted by atomic mass is 10.4. The highest BCUT2D eigenvalue weighted by atomic mass is 35.5. The van der Waals surface area contributed by atoms with Crippen LogP contribution in [0.15, 0.2) is 24.5 Å². The molecule has 0 aliphatic rings. The van der Waals surface area contributed by atoms with E-state index in [9.17, 15) is 0 Å². The largest absolute Gasteiger partial charge is 0.234 e. The first-order chi connectivity index (χ1) is 6.92. The van der Waals surface area contributed by atoms with Crippen LogP contribution in [0, 0.1) is 11.8 Å². The van der Waals surface area contributed by atoms with Crippen molar-refractivity contribution in [1.82, 2.24) is 14.6 Å².